The predicted molar refractivity (Wildman–Crippen MR) is 89.7 cm³/mol. The lowest BCUT2D eigenvalue weighted by Crippen LogP contribution is -2.33. The van der Waals surface area contributed by atoms with E-state index in [1.165, 1.54) is 24.0 Å². The van der Waals surface area contributed by atoms with Crippen molar-refractivity contribution in [3.05, 3.63) is 70.7 Å². The second-order valence-corrected chi connectivity index (χ2v) is 6.56. The van der Waals surface area contributed by atoms with E-state index in [9.17, 15) is 0 Å². The maximum absolute atomic E-state index is 6.07. The summed E-state index contributed by atoms with van der Waals surface area (Å²) in [4.78, 5) is 0. The Morgan fingerprint density at radius 2 is 1.86 bits per heavy atom. The normalized spacial score (nSPS) is 17.4. The van der Waals surface area contributed by atoms with Crippen LogP contribution in [-0.2, 0) is 6.42 Å². The lowest BCUT2D eigenvalue weighted by atomic mass is 9.99. The van der Waals surface area contributed by atoms with E-state index in [0.29, 0.717) is 12.1 Å². The quantitative estimate of drug-likeness (QED) is 0.790. The molecule has 2 atom stereocenters. The molecule has 0 bridgehead atoms. The van der Waals surface area contributed by atoms with Gasteiger partial charge in [0.15, 0.2) is 0 Å². The molecule has 0 aromatic heterocycles. The highest BCUT2D eigenvalue weighted by Gasteiger charge is 2.32. The number of hydrogen-bond acceptors (Lipinski definition) is 1. The molecule has 0 aliphatic heterocycles. The predicted octanol–water partition coefficient (Wildman–Crippen LogP) is 5.01. The topological polar surface area (TPSA) is 12.0 Å². The molecular formula is C19H22ClN. The van der Waals surface area contributed by atoms with Gasteiger partial charge in [-0.1, -0.05) is 54.1 Å². The third-order valence-electron chi connectivity index (χ3n) is 4.15. The summed E-state index contributed by atoms with van der Waals surface area (Å²) in [5.41, 5.74) is 2.71. The van der Waals surface area contributed by atoms with Crippen LogP contribution in [0.2, 0.25) is 5.02 Å². The van der Waals surface area contributed by atoms with Gasteiger partial charge < -0.3 is 5.32 Å². The lowest BCUT2D eigenvalue weighted by molar-refractivity contribution is 0.417. The molecule has 2 heteroatoms. The fraction of sp³-hybridized carbons (Fsp3) is 0.368. The smallest absolute Gasteiger partial charge is 0.0408 e. The van der Waals surface area contributed by atoms with Gasteiger partial charge in [-0.05, 0) is 55.4 Å². The van der Waals surface area contributed by atoms with Crippen molar-refractivity contribution in [1.82, 2.24) is 5.32 Å². The van der Waals surface area contributed by atoms with Crippen molar-refractivity contribution in [2.24, 2.45) is 5.92 Å². The number of halogens is 1. The van der Waals surface area contributed by atoms with Gasteiger partial charge in [-0.15, -0.1) is 0 Å². The molecule has 0 heterocycles. The zero-order valence-corrected chi connectivity index (χ0v) is 13.2. The van der Waals surface area contributed by atoms with Crippen molar-refractivity contribution in [3.8, 4) is 0 Å². The highest BCUT2D eigenvalue weighted by atomic mass is 35.5. The van der Waals surface area contributed by atoms with Gasteiger partial charge in [0, 0.05) is 17.1 Å². The maximum atomic E-state index is 6.07. The summed E-state index contributed by atoms with van der Waals surface area (Å²) in [6.45, 7) is 2.26. The average molecular weight is 300 g/mol. The minimum atomic E-state index is 0.439. The van der Waals surface area contributed by atoms with Gasteiger partial charge in [0.25, 0.3) is 0 Å². The van der Waals surface area contributed by atoms with Gasteiger partial charge in [-0.25, -0.2) is 0 Å². The van der Waals surface area contributed by atoms with Crippen molar-refractivity contribution in [2.45, 2.75) is 38.3 Å². The van der Waals surface area contributed by atoms with E-state index in [-0.39, 0.29) is 0 Å². The van der Waals surface area contributed by atoms with E-state index in [4.69, 9.17) is 11.6 Å². The Morgan fingerprint density at radius 1 is 1.10 bits per heavy atom. The fourth-order valence-electron chi connectivity index (χ4n) is 2.98. The molecule has 1 aliphatic carbocycles. The van der Waals surface area contributed by atoms with Crippen LogP contribution in [-0.4, -0.2) is 6.04 Å². The number of hydrogen-bond donors (Lipinski definition) is 1. The van der Waals surface area contributed by atoms with Crippen LogP contribution in [0.25, 0.3) is 0 Å². The van der Waals surface area contributed by atoms with Crippen LogP contribution >= 0.6 is 11.6 Å². The molecule has 2 aromatic carbocycles. The molecule has 2 unspecified atom stereocenters. The van der Waals surface area contributed by atoms with Crippen LogP contribution in [0.1, 0.15) is 36.9 Å². The van der Waals surface area contributed by atoms with E-state index >= 15 is 0 Å². The number of rotatable bonds is 6. The zero-order valence-electron chi connectivity index (χ0n) is 12.4. The van der Waals surface area contributed by atoms with Gasteiger partial charge in [-0.3, -0.25) is 0 Å². The number of nitrogens with one attached hydrogen (secondary N) is 1. The molecule has 21 heavy (non-hydrogen) atoms. The van der Waals surface area contributed by atoms with Gasteiger partial charge in [0.2, 0.25) is 0 Å². The van der Waals surface area contributed by atoms with Crippen LogP contribution in [0.4, 0.5) is 0 Å². The van der Waals surface area contributed by atoms with Crippen molar-refractivity contribution in [3.63, 3.8) is 0 Å². The Bertz CT molecular complexity index is 577. The second-order valence-electron chi connectivity index (χ2n) is 6.13. The molecule has 3 rings (SSSR count). The minimum Gasteiger partial charge on any atom is -0.307 e. The van der Waals surface area contributed by atoms with Crippen molar-refractivity contribution >= 4 is 11.6 Å². The van der Waals surface area contributed by atoms with Crippen molar-refractivity contribution in [1.29, 1.82) is 0 Å². The molecular weight excluding hydrogens is 278 g/mol. The molecule has 1 aliphatic rings. The standard InChI is InChI=1S/C19H22ClN/c1-14(12-15-6-5-9-18(20)13-15)21-19(17-10-11-17)16-7-3-2-4-8-16/h2-9,13-14,17,19,21H,10-12H2,1H3. The van der Waals surface area contributed by atoms with E-state index in [1.54, 1.807) is 0 Å². The fourth-order valence-corrected chi connectivity index (χ4v) is 3.19. The summed E-state index contributed by atoms with van der Waals surface area (Å²) in [5, 5.41) is 4.64. The first-order valence-corrected chi connectivity index (χ1v) is 8.15. The first kappa shape index (κ1) is 14.6. The summed E-state index contributed by atoms with van der Waals surface area (Å²) in [7, 11) is 0. The van der Waals surface area contributed by atoms with E-state index in [1.807, 2.05) is 12.1 Å². The summed E-state index contributed by atoms with van der Waals surface area (Å²) in [6.07, 6.45) is 3.70. The van der Waals surface area contributed by atoms with Crippen LogP contribution in [0, 0.1) is 5.92 Å². The molecule has 2 aromatic rings. The van der Waals surface area contributed by atoms with Crippen LogP contribution in [0.15, 0.2) is 54.6 Å². The number of benzene rings is 2. The summed E-state index contributed by atoms with van der Waals surface area (Å²) >= 11 is 6.07. The molecule has 1 N–H and O–H groups in total. The van der Waals surface area contributed by atoms with Gasteiger partial charge in [0.05, 0.1) is 0 Å². The largest absolute Gasteiger partial charge is 0.307 e. The van der Waals surface area contributed by atoms with Crippen LogP contribution < -0.4 is 5.32 Å². The molecule has 0 radical (unpaired) electrons. The van der Waals surface area contributed by atoms with Gasteiger partial charge in [0.1, 0.15) is 0 Å². The first-order valence-electron chi connectivity index (χ1n) is 7.78. The zero-order chi connectivity index (χ0) is 14.7. The Balaban J connectivity index is 1.66. The molecule has 0 spiro atoms. The average Bonchev–Trinajstić information content (AvgIpc) is 3.30. The Morgan fingerprint density at radius 3 is 2.52 bits per heavy atom. The molecule has 0 saturated heterocycles. The molecule has 1 fully saturated rings. The summed E-state index contributed by atoms with van der Waals surface area (Å²) in [5.74, 6) is 0.800. The highest BCUT2D eigenvalue weighted by molar-refractivity contribution is 6.30. The van der Waals surface area contributed by atoms with E-state index < -0.39 is 0 Å². The Labute approximate surface area is 132 Å². The summed E-state index contributed by atoms with van der Waals surface area (Å²) < 4.78 is 0. The third-order valence-corrected chi connectivity index (χ3v) is 4.38. The summed E-state index contributed by atoms with van der Waals surface area (Å²) in [6, 6.07) is 19.9. The molecule has 1 nitrogen and oxygen atoms in total. The molecule has 0 amide bonds. The van der Waals surface area contributed by atoms with Gasteiger partial charge in [-0.2, -0.15) is 0 Å². The van der Waals surface area contributed by atoms with Crippen molar-refractivity contribution < 1.29 is 0 Å². The maximum Gasteiger partial charge on any atom is 0.0408 e. The van der Waals surface area contributed by atoms with Gasteiger partial charge >= 0.3 is 0 Å². The minimum absolute atomic E-state index is 0.439. The monoisotopic (exact) mass is 299 g/mol. The Hall–Kier alpha value is -1.31. The van der Waals surface area contributed by atoms with Crippen molar-refractivity contribution in [2.75, 3.05) is 0 Å². The lowest BCUT2D eigenvalue weighted by Gasteiger charge is -2.24. The first-order chi connectivity index (χ1) is 10.2. The second kappa shape index (κ2) is 6.64. The Kier molecular flexibility index (Phi) is 4.62. The van der Waals surface area contributed by atoms with E-state index in [2.05, 4.69) is 54.7 Å². The van der Waals surface area contributed by atoms with Crippen LogP contribution in [0.5, 0.6) is 0 Å². The highest BCUT2D eigenvalue weighted by Crippen LogP contribution is 2.41. The molecule has 110 valence electrons. The van der Waals surface area contributed by atoms with Crippen LogP contribution in [0.3, 0.4) is 0 Å². The third kappa shape index (κ3) is 4.09. The van der Waals surface area contributed by atoms with E-state index in [0.717, 1.165) is 17.4 Å². The molecule has 1 saturated carbocycles. The SMILES string of the molecule is CC(Cc1cccc(Cl)c1)NC(c1ccccc1)C1CC1.